The SMILES string of the molecule is CC(Sc1ccccc1C(=O)N1CCCOCC1)C(=O)O. The zero-order valence-corrected chi connectivity index (χ0v) is 12.8. The van der Waals surface area contributed by atoms with Gasteiger partial charge in [0.25, 0.3) is 5.91 Å². The Morgan fingerprint density at radius 2 is 2.05 bits per heavy atom. The van der Waals surface area contributed by atoms with Gasteiger partial charge in [0.2, 0.25) is 0 Å². The lowest BCUT2D eigenvalue weighted by molar-refractivity contribution is -0.136. The van der Waals surface area contributed by atoms with Gasteiger partial charge < -0.3 is 14.7 Å². The van der Waals surface area contributed by atoms with Gasteiger partial charge in [-0.05, 0) is 25.5 Å². The Bertz CT molecular complexity index is 512. The zero-order valence-electron chi connectivity index (χ0n) is 11.9. The highest BCUT2D eigenvalue weighted by molar-refractivity contribution is 8.00. The van der Waals surface area contributed by atoms with Gasteiger partial charge in [0.15, 0.2) is 0 Å². The number of hydrogen-bond acceptors (Lipinski definition) is 4. The fourth-order valence-corrected chi connectivity index (χ4v) is 3.03. The quantitative estimate of drug-likeness (QED) is 0.863. The standard InChI is InChI=1S/C15H19NO4S/c1-11(15(18)19)21-13-6-3-2-5-12(13)14(17)16-7-4-9-20-10-8-16/h2-3,5-6,11H,4,7-10H2,1H3,(H,18,19). The van der Waals surface area contributed by atoms with Crippen molar-refractivity contribution in [2.24, 2.45) is 0 Å². The number of thioether (sulfide) groups is 1. The molecular weight excluding hydrogens is 290 g/mol. The summed E-state index contributed by atoms with van der Waals surface area (Å²) in [7, 11) is 0. The Labute approximate surface area is 128 Å². The number of hydrogen-bond donors (Lipinski definition) is 1. The number of aliphatic carboxylic acids is 1. The molecule has 0 radical (unpaired) electrons. The Morgan fingerprint density at radius 3 is 2.81 bits per heavy atom. The number of carboxylic acid groups (broad SMARTS) is 1. The highest BCUT2D eigenvalue weighted by Crippen LogP contribution is 2.28. The number of rotatable bonds is 4. The average Bonchev–Trinajstić information content (AvgIpc) is 2.76. The Morgan fingerprint density at radius 1 is 1.29 bits per heavy atom. The minimum absolute atomic E-state index is 0.0545. The molecule has 0 bridgehead atoms. The van der Waals surface area contributed by atoms with Gasteiger partial charge in [-0.1, -0.05) is 12.1 Å². The molecule has 21 heavy (non-hydrogen) atoms. The fourth-order valence-electron chi connectivity index (χ4n) is 2.11. The van der Waals surface area contributed by atoms with Crippen LogP contribution in [0.1, 0.15) is 23.7 Å². The topological polar surface area (TPSA) is 66.8 Å². The van der Waals surface area contributed by atoms with E-state index in [9.17, 15) is 9.59 Å². The van der Waals surface area contributed by atoms with Gasteiger partial charge >= 0.3 is 5.97 Å². The smallest absolute Gasteiger partial charge is 0.316 e. The van der Waals surface area contributed by atoms with Crippen molar-refractivity contribution in [2.45, 2.75) is 23.5 Å². The van der Waals surface area contributed by atoms with Crippen LogP contribution >= 0.6 is 11.8 Å². The predicted molar refractivity (Wildman–Crippen MR) is 80.7 cm³/mol. The van der Waals surface area contributed by atoms with E-state index in [1.807, 2.05) is 6.07 Å². The number of carboxylic acids is 1. The lowest BCUT2D eigenvalue weighted by Crippen LogP contribution is -2.33. The number of carbonyl (C=O) groups is 2. The third-order valence-electron chi connectivity index (χ3n) is 3.28. The molecule has 1 unspecified atom stereocenters. The summed E-state index contributed by atoms with van der Waals surface area (Å²) >= 11 is 1.20. The Balaban J connectivity index is 2.18. The van der Waals surface area contributed by atoms with Gasteiger partial charge in [-0.2, -0.15) is 0 Å². The molecule has 1 fully saturated rings. The van der Waals surface area contributed by atoms with Crippen LogP contribution in [0.2, 0.25) is 0 Å². The predicted octanol–water partition coefficient (Wildman–Crippen LogP) is 2.11. The van der Waals surface area contributed by atoms with Crippen LogP contribution in [0.3, 0.4) is 0 Å². The second-order valence-corrected chi connectivity index (χ2v) is 6.24. The van der Waals surface area contributed by atoms with Crippen LogP contribution in [0.4, 0.5) is 0 Å². The number of nitrogens with zero attached hydrogens (tertiary/aromatic N) is 1. The number of amides is 1. The van der Waals surface area contributed by atoms with E-state index in [0.29, 0.717) is 36.8 Å². The van der Waals surface area contributed by atoms with Crippen LogP contribution in [-0.2, 0) is 9.53 Å². The highest BCUT2D eigenvalue weighted by atomic mass is 32.2. The van der Waals surface area contributed by atoms with E-state index in [2.05, 4.69) is 0 Å². The maximum absolute atomic E-state index is 12.6. The highest BCUT2D eigenvalue weighted by Gasteiger charge is 2.22. The van der Waals surface area contributed by atoms with Crippen molar-refractivity contribution in [2.75, 3.05) is 26.3 Å². The van der Waals surface area contributed by atoms with Crippen molar-refractivity contribution in [3.05, 3.63) is 29.8 Å². The van der Waals surface area contributed by atoms with Crippen molar-refractivity contribution in [3.8, 4) is 0 Å². The minimum Gasteiger partial charge on any atom is -0.480 e. The molecule has 5 nitrogen and oxygen atoms in total. The molecule has 114 valence electrons. The van der Waals surface area contributed by atoms with E-state index in [-0.39, 0.29) is 5.91 Å². The molecule has 1 aromatic rings. The summed E-state index contributed by atoms with van der Waals surface area (Å²) in [5.41, 5.74) is 0.567. The third kappa shape index (κ3) is 4.22. The molecule has 1 heterocycles. The average molecular weight is 309 g/mol. The lowest BCUT2D eigenvalue weighted by Gasteiger charge is -2.21. The number of benzene rings is 1. The van der Waals surface area contributed by atoms with Gasteiger partial charge in [-0.15, -0.1) is 11.8 Å². The maximum Gasteiger partial charge on any atom is 0.316 e. The molecule has 1 amide bonds. The molecule has 0 aliphatic carbocycles. The molecule has 0 saturated carbocycles. The van der Waals surface area contributed by atoms with Gasteiger partial charge in [0.05, 0.1) is 12.2 Å². The van der Waals surface area contributed by atoms with Gasteiger partial charge in [-0.3, -0.25) is 9.59 Å². The van der Waals surface area contributed by atoms with E-state index in [1.165, 1.54) is 11.8 Å². The molecule has 1 aliphatic heterocycles. The Hall–Kier alpha value is -1.53. The number of carbonyl (C=O) groups excluding carboxylic acids is 1. The van der Waals surface area contributed by atoms with E-state index in [1.54, 1.807) is 30.0 Å². The molecule has 2 rings (SSSR count). The first-order valence-electron chi connectivity index (χ1n) is 6.95. The summed E-state index contributed by atoms with van der Waals surface area (Å²) in [6, 6.07) is 7.17. The fraction of sp³-hybridized carbons (Fsp3) is 0.467. The molecular formula is C15H19NO4S. The first-order chi connectivity index (χ1) is 10.1. The summed E-state index contributed by atoms with van der Waals surface area (Å²) in [6.07, 6.45) is 0.826. The van der Waals surface area contributed by atoms with Crippen LogP contribution in [0, 0.1) is 0 Å². The molecule has 1 atom stereocenters. The molecule has 0 aromatic heterocycles. The van der Waals surface area contributed by atoms with Crippen LogP contribution in [-0.4, -0.2) is 53.4 Å². The van der Waals surface area contributed by atoms with Crippen molar-refractivity contribution in [3.63, 3.8) is 0 Å². The van der Waals surface area contributed by atoms with Crippen LogP contribution in [0.5, 0.6) is 0 Å². The lowest BCUT2D eigenvalue weighted by atomic mass is 10.2. The molecule has 1 aromatic carbocycles. The molecule has 1 aliphatic rings. The van der Waals surface area contributed by atoms with Crippen LogP contribution in [0.15, 0.2) is 29.2 Å². The van der Waals surface area contributed by atoms with E-state index < -0.39 is 11.2 Å². The maximum atomic E-state index is 12.6. The largest absolute Gasteiger partial charge is 0.480 e. The molecule has 1 N–H and O–H groups in total. The van der Waals surface area contributed by atoms with E-state index >= 15 is 0 Å². The first-order valence-corrected chi connectivity index (χ1v) is 7.83. The summed E-state index contributed by atoms with van der Waals surface area (Å²) in [6.45, 7) is 4.09. The second-order valence-electron chi connectivity index (χ2n) is 4.85. The second kappa shape index (κ2) is 7.47. The normalized spacial score (nSPS) is 17.1. The summed E-state index contributed by atoms with van der Waals surface area (Å²) in [5, 5.41) is 8.43. The van der Waals surface area contributed by atoms with Crippen LogP contribution < -0.4 is 0 Å². The summed E-state index contributed by atoms with van der Waals surface area (Å²) in [5.74, 6) is -0.938. The molecule has 0 spiro atoms. The van der Waals surface area contributed by atoms with Gasteiger partial charge in [0.1, 0.15) is 5.25 Å². The van der Waals surface area contributed by atoms with Crippen molar-refractivity contribution in [1.82, 2.24) is 4.90 Å². The summed E-state index contributed by atoms with van der Waals surface area (Å²) in [4.78, 5) is 26.1. The molecule has 6 heteroatoms. The van der Waals surface area contributed by atoms with Crippen molar-refractivity contribution >= 4 is 23.6 Å². The Kier molecular flexibility index (Phi) is 5.64. The minimum atomic E-state index is -0.884. The van der Waals surface area contributed by atoms with E-state index in [0.717, 1.165) is 6.42 Å². The monoisotopic (exact) mass is 309 g/mol. The number of ether oxygens (including phenoxy) is 1. The summed E-state index contributed by atoms with van der Waals surface area (Å²) < 4.78 is 5.36. The van der Waals surface area contributed by atoms with E-state index in [4.69, 9.17) is 9.84 Å². The first kappa shape index (κ1) is 15.9. The van der Waals surface area contributed by atoms with Crippen LogP contribution in [0.25, 0.3) is 0 Å². The van der Waals surface area contributed by atoms with Gasteiger partial charge in [-0.25, -0.2) is 0 Å². The van der Waals surface area contributed by atoms with Gasteiger partial charge in [0, 0.05) is 24.6 Å². The zero-order chi connectivity index (χ0) is 15.2. The molecule has 1 saturated heterocycles. The van der Waals surface area contributed by atoms with Crippen molar-refractivity contribution in [1.29, 1.82) is 0 Å². The third-order valence-corrected chi connectivity index (χ3v) is 4.44. The van der Waals surface area contributed by atoms with Crippen molar-refractivity contribution < 1.29 is 19.4 Å².